The highest BCUT2D eigenvalue weighted by Crippen LogP contribution is 2.31. The van der Waals surface area contributed by atoms with Gasteiger partial charge in [0.2, 0.25) is 0 Å². The van der Waals surface area contributed by atoms with Crippen LogP contribution < -0.4 is 11.1 Å². The minimum Gasteiger partial charge on any atom is -0.352 e. The van der Waals surface area contributed by atoms with Crippen LogP contribution in [0.3, 0.4) is 0 Å². The lowest BCUT2D eigenvalue weighted by atomic mass is 10.1. The van der Waals surface area contributed by atoms with Gasteiger partial charge < -0.3 is 11.1 Å². The van der Waals surface area contributed by atoms with E-state index in [1.54, 1.807) is 0 Å². The molecule has 0 saturated carbocycles. The summed E-state index contributed by atoms with van der Waals surface area (Å²) in [6, 6.07) is 2.16. The SMILES string of the molecule is NCCCCNC(=O)c1ccc(F)c(C(F)(F)F)c1. The summed E-state index contributed by atoms with van der Waals surface area (Å²) in [5.41, 5.74) is 3.60. The van der Waals surface area contributed by atoms with Gasteiger partial charge in [-0.1, -0.05) is 0 Å². The molecule has 0 bridgehead atoms. The number of nitrogens with two attached hydrogens (primary N) is 1. The van der Waals surface area contributed by atoms with Crippen LogP contribution in [-0.4, -0.2) is 19.0 Å². The van der Waals surface area contributed by atoms with Crippen molar-refractivity contribution >= 4 is 5.91 Å². The molecule has 3 nitrogen and oxygen atoms in total. The van der Waals surface area contributed by atoms with Crippen LogP contribution in [0.15, 0.2) is 18.2 Å². The Morgan fingerprint density at radius 3 is 2.53 bits per heavy atom. The summed E-state index contributed by atoms with van der Waals surface area (Å²) in [5, 5.41) is 2.45. The van der Waals surface area contributed by atoms with Crippen LogP contribution in [0.1, 0.15) is 28.8 Å². The highest BCUT2D eigenvalue weighted by Gasteiger charge is 2.34. The highest BCUT2D eigenvalue weighted by molar-refractivity contribution is 5.94. The van der Waals surface area contributed by atoms with Gasteiger partial charge in [-0.05, 0) is 37.6 Å². The zero-order valence-corrected chi connectivity index (χ0v) is 10.1. The summed E-state index contributed by atoms with van der Waals surface area (Å²) in [5.74, 6) is -2.06. The maximum Gasteiger partial charge on any atom is 0.419 e. The lowest BCUT2D eigenvalue weighted by molar-refractivity contribution is -0.140. The van der Waals surface area contributed by atoms with Gasteiger partial charge >= 0.3 is 6.18 Å². The molecule has 106 valence electrons. The van der Waals surface area contributed by atoms with Crippen molar-refractivity contribution in [3.05, 3.63) is 35.1 Å². The molecule has 0 unspecified atom stereocenters. The van der Waals surface area contributed by atoms with E-state index in [9.17, 15) is 22.4 Å². The van der Waals surface area contributed by atoms with Crippen LogP contribution in [0.2, 0.25) is 0 Å². The van der Waals surface area contributed by atoms with E-state index in [0.717, 1.165) is 6.07 Å². The fourth-order valence-corrected chi connectivity index (χ4v) is 1.46. The molecule has 1 aromatic carbocycles. The molecule has 19 heavy (non-hydrogen) atoms. The van der Waals surface area contributed by atoms with E-state index in [2.05, 4.69) is 5.32 Å². The minimum atomic E-state index is -4.82. The maximum atomic E-state index is 13.0. The van der Waals surface area contributed by atoms with E-state index < -0.39 is 23.5 Å². The Morgan fingerprint density at radius 2 is 1.95 bits per heavy atom. The minimum absolute atomic E-state index is 0.221. The molecule has 0 spiro atoms. The molecular weight excluding hydrogens is 264 g/mol. The van der Waals surface area contributed by atoms with E-state index >= 15 is 0 Å². The number of rotatable bonds is 5. The number of amides is 1. The van der Waals surface area contributed by atoms with Gasteiger partial charge in [-0.3, -0.25) is 4.79 Å². The first-order valence-electron chi connectivity index (χ1n) is 5.71. The fourth-order valence-electron chi connectivity index (χ4n) is 1.46. The van der Waals surface area contributed by atoms with Gasteiger partial charge in [-0.2, -0.15) is 13.2 Å². The van der Waals surface area contributed by atoms with Gasteiger partial charge in [0, 0.05) is 12.1 Å². The molecule has 3 N–H and O–H groups in total. The lowest BCUT2D eigenvalue weighted by Gasteiger charge is -2.10. The zero-order chi connectivity index (χ0) is 14.5. The third-order valence-corrected chi connectivity index (χ3v) is 2.45. The van der Waals surface area contributed by atoms with Crippen LogP contribution in [0.25, 0.3) is 0 Å². The van der Waals surface area contributed by atoms with Crippen molar-refractivity contribution in [3.63, 3.8) is 0 Å². The van der Waals surface area contributed by atoms with Gasteiger partial charge in [0.15, 0.2) is 0 Å². The number of hydrogen-bond donors (Lipinski definition) is 2. The molecular formula is C12H14F4N2O. The van der Waals surface area contributed by atoms with Crippen LogP contribution in [0, 0.1) is 5.82 Å². The molecule has 0 aliphatic heterocycles. The van der Waals surface area contributed by atoms with Gasteiger partial charge in [-0.15, -0.1) is 0 Å². The van der Waals surface area contributed by atoms with Crippen LogP contribution in [0.4, 0.5) is 17.6 Å². The number of unbranched alkanes of at least 4 members (excludes halogenated alkanes) is 1. The van der Waals surface area contributed by atoms with Crippen LogP contribution in [-0.2, 0) is 6.18 Å². The average molecular weight is 278 g/mol. The molecule has 1 amide bonds. The first-order valence-corrected chi connectivity index (χ1v) is 5.71. The third kappa shape index (κ3) is 4.51. The predicted molar refractivity (Wildman–Crippen MR) is 62.0 cm³/mol. The van der Waals surface area contributed by atoms with Crippen molar-refractivity contribution < 1.29 is 22.4 Å². The summed E-state index contributed by atoms with van der Waals surface area (Å²) < 4.78 is 50.4. The van der Waals surface area contributed by atoms with E-state index in [-0.39, 0.29) is 5.56 Å². The highest BCUT2D eigenvalue weighted by atomic mass is 19.4. The molecule has 0 aromatic heterocycles. The molecule has 0 saturated heterocycles. The summed E-state index contributed by atoms with van der Waals surface area (Å²) in [6.07, 6.45) is -3.48. The summed E-state index contributed by atoms with van der Waals surface area (Å²) in [7, 11) is 0. The summed E-state index contributed by atoms with van der Waals surface area (Å²) in [4.78, 5) is 11.6. The topological polar surface area (TPSA) is 55.1 Å². The number of benzene rings is 1. The van der Waals surface area contributed by atoms with Crippen molar-refractivity contribution in [1.82, 2.24) is 5.32 Å². The van der Waals surface area contributed by atoms with Crippen LogP contribution in [0.5, 0.6) is 0 Å². The molecule has 0 aliphatic rings. The Balaban J connectivity index is 2.76. The monoisotopic (exact) mass is 278 g/mol. The molecule has 0 atom stereocenters. The Hall–Kier alpha value is -1.63. The molecule has 7 heteroatoms. The average Bonchev–Trinajstić information content (AvgIpc) is 2.33. The largest absolute Gasteiger partial charge is 0.419 e. The second kappa shape index (κ2) is 6.51. The van der Waals surface area contributed by atoms with Gasteiger partial charge in [0.1, 0.15) is 5.82 Å². The maximum absolute atomic E-state index is 13.0. The summed E-state index contributed by atoms with van der Waals surface area (Å²) >= 11 is 0. The molecule has 1 rings (SSSR count). The molecule has 0 aliphatic carbocycles. The number of halogens is 4. The van der Waals surface area contributed by atoms with Gasteiger partial charge in [0.05, 0.1) is 5.56 Å². The molecule has 0 radical (unpaired) electrons. The van der Waals surface area contributed by atoms with Crippen LogP contribution >= 0.6 is 0 Å². The predicted octanol–water partition coefficient (Wildman–Crippen LogP) is 2.31. The second-order valence-electron chi connectivity index (χ2n) is 3.94. The standard InChI is InChI=1S/C12H14F4N2O/c13-10-4-3-8(7-9(10)12(14,15)16)11(19)18-6-2-1-5-17/h3-4,7H,1-2,5-6,17H2,(H,18,19). The van der Waals surface area contributed by atoms with E-state index in [0.29, 0.717) is 38.1 Å². The van der Waals surface area contributed by atoms with Crippen molar-refractivity contribution in [3.8, 4) is 0 Å². The first kappa shape index (κ1) is 15.4. The van der Waals surface area contributed by atoms with Crippen molar-refractivity contribution in [2.45, 2.75) is 19.0 Å². The normalized spacial score (nSPS) is 11.4. The second-order valence-corrected chi connectivity index (χ2v) is 3.94. The number of alkyl halides is 3. The Labute approximate surface area is 107 Å². The zero-order valence-electron chi connectivity index (χ0n) is 10.1. The quantitative estimate of drug-likeness (QED) is 0.641. The van der Waals surface area contributed by atoms with E-state index in [1.807, 2.05) is 0 Å². The number of carbonyl (C=O) groups excluding carboxylic acids is 1. The number of nitrogens with one attached hydrogen (secondary N) is 1. The third-order valence-electron chi connectivity index (χ3n) is 2.45. The van der Waals surface area contributed by atoms with Crippen molar-refractivity contribution in [2.75, 3.05) is 13.1 Å². The molecule has 1 aromatic rings. The Morgan fingerprint density at radius 1 is 1.26 bits per heavy atom. The fraction of sp³-hybridized carbons (Fsp3) is 0.417. The molecule has 0 fully saturated rings. The van der Waals surface area contributed by atoms with E-state index in [1.165, 1.54) is 0 Å². The first-order chi connectivity index (χ1) is 8.86. The van der Waals surface area contributed by atoms with Crippen molar-refractivity contribution in [2.24, 2.45) is 5.73 Å². The van der Waals surface area contributed by atoms with Crippen molar-refractivity contribution in [1.29, 1.82) is 0 Å². The Bertz CT molecular complexity index is 446. The smallest absolute Gasteiger partial charge is 0.352 e. The lowest BCUT2D eigenvalue weighted by Crippen LogP contribution is -2.25. The van der Waals surface area contributed by atoms with E-state index in [4.69, 9.17) is 5.73 Å². The number of carbonyl (C=O) groups is 1. The number of hydrogen-bond acceptors (Lipinski definition) is 2. The summed E-state index contributed by atoms with van der Waals surface area (Å²) in [6.45, 7) is 0.791. The Kier molecular flexibility index (Phi) is 5.29. The molecule has 0 heterocycles. The van der Waals surface area contributed by atoms with Gasteiger partial charge in [-0.25, -0.2) is 4.39 Å². The van der Waals surface area contributed by atoms with Gasteiger partial charge in [0.25, 0.3) is 5.91 Å².